The summed E-state index contributed by atoms with van der Waals surface area (Å²) in [5.74, 6) is -1.17. The van der Waals surface area contributed by atoms with Gasteiger partial charge in [-0.3, -0.25) is 14.9 Å². The van der Waals surface area contributed by atoms with E-state index in [9.17, 15) is 9.59 Å². The van der Waals surface area contributed by atoms with Crippen LogP contribution in [0.15, 0.2) is 5.51 Å². The van der Waals surface area contributed by atoms with E-state index in [0.717, 1.165) is 13.1 Å². The number of carbonyl (C=O) groups is 2. The minimum Gasteiger partial charge on any atom is -0.332 e. The lowest BCUT2D eigenvalue weighted by Crippen LogP contribution is -2.49. The molecule has 86 valence electrons. The van der Waals surface area contributed by atoms with Gasteiger partial charge in [0.15, 0.2) is 0 Å². The first-order chi connectivity index (χ1) is 7.77. The van der Waals surface area contributed by atoms with Crippen LogP contribution in [0.5, 0.6) is 0 Å². The number of hydrogen-bond acceptors (Lipinski definition) is 6. The molecule has 1 aliphatic rings. The van der Waals surface area contributed by atoms with Crippen molar-refractivity contribution < 1.29 is 9.59 Å². The maximum atomic E-state index is 11.7. The van der Waals surface area contributed by atoms with Gasteiger partial charge in [0.1, 0.15) is 5.51 Å². The standard InChI is InChI=1S/C8H11N5O2S/c14-6(11-8-12-10-5-16-8)7(15)13-3-1-9-2-4-13/h5,9H,1-4H2,(H,11,12,14). The van der Waals surface area contributed by atoms with Crippen LogP contribution in [0.1, 0.15) is 0 Å². The number of nitrogens with one attached hydrogen (secondary N) is 2. The summed E-state index contributed by atoms with van der Waals surface area (Å²) in [5, 5.41) is 13.1. The second kappa shape index (κ2) is 4.99. The number of anilines is 1. The lowest BCUT2D eigenvalue weighted by Gasteiger charge is -2.26. The molecule has 0 unspecified atom stereocenters. The van der Waals surface area contributed by atoms with Crippen molar-refractivity contribution in [2.75, 3.05) is 31.5 Å². The predicted molar refractivity (Wildman–Crippen MR) is 58.0 cm³/mol. The Morgan fingerprint density at radius 3 is 2.81 bits per heavy atom. The summed E-state index contributed by atoms with van der Waals surface area (Å²) < 4.78 is 0. The SMILES string of the molecule is O=C(Nc1nncs1)C(=O)N1CCNCC1. The Balaban J connectivity index is 1.91. The summed E-state index contributed by atoms with van der Waals surface area (Å²) in [6.45, 7) is 2.56. The highest BCUT2D eigenvalue weighted by Crippen LogP contribution is 2.08. The molecule has 1 aliphatic heterocycles. The molecular formula is C8H11N5O2S. The van der Waals surface area contributed by atoms with Gasteiger partial charge in [-0.25, -0.2) is 0 Å². The molecule has 7 nitrogen and oxygen atoms in total. The molecule has 0 spiro atoms. The molecule has 1 aromatic rings. The van der Waals surface area contributed by atoms with E-state index in [1.807, 2.05) is 0 Å². The zero-order valence-corrected chi connectivity index (χ0v) is 9.29. The van der Waals surface area contributed by atoms with Gasteiger partial charge in [-0.05, 0) is 0 Å². The van der Waals surface area contributed by atoms with Gasteiger partial charge >= 0.3 is 11.8 Å². The molecule has 1 saturated heterocycles. The van der Waals surface area contributed by atoms with Crippen LogP contribution in [0.2, 0.25) is 0 Å². The summed E-state index contributed by atoms with van der Waals surface area (Å²) in [6.07, 6.45) is 0. The molecule has 1 aromatic heterocycles. The fourth-order valence-electron chi connectivity index (χ4n) is 1.39. The summed E-state index contributed by atoms with van der Waals surface area (Å²) in [6, 6.07) is 0. The van der Waals surface area contributed by atoms with E-state index in [-0.39, 0.29) is 0 Å². The Kier molecular flexibility index (Phi) is 3.42. The van der Waals surface area contributed by atoms with Crippen LogP contribution in [0.4, 0.5) is 5.13 Å². The monoisotopic (exact) mass is 241 g/mol. The molecule has 2 rings (SSSR count). The molecule has 0 aliphatic carbocycles. The largest absolute Gasteiger partial charge is 0.332 e. The van der Waals surface area contributed by atoms with Crippen molar-refractivity contribution in [2.45, 2.75) is 0 Å². The number of aromatic nitrogens is 2. The first kappa shape index (κ1) is 11.0. The highest BCUT2D eigenvalue weighted by molar-refractivity contribution is 7.13. The molecule has 0 aromatic carbocycles. The quantitative estimate of drug-likeness (QED) is 0.610. The average molecular weight is 241 g/mol. The number of amides is 2. The van der Waals surface area contributed by atoms with Gasteiger partial charge in [0.05, 0.1) is 0 Å². The third-order valence-electron chi connectivity index (χ3n) is 2.18. The van der Waals surface area contributed by atoms with Gasteiger partial charge in [0, 0.05) is 26.2 Å². The van der Waals surface area contributed by atoms with Gasteiger partial charge in [-0.1, -0.05) is 11.3 Å². The summed E-state index contributed by atoms with van der Waals surface area (Å²) >= 11 is 1.18. The Hall–Kier alpha value is -1.54. The topological polar surface area (TPSA) is 87.2 Å². The molecular weight excluding hydrogens is 230 g/mol. The van der Waals surface area contributed by atoms with E-state index in [1.165, 1.54) is 21.7 Å². The Morgan fingerprint density at radius 1 is 1.44 bits per heavy atom. The van der Waals surface area contributed by atoms with Gasteiger partial charge in [0.25, 0.3) is 0 Å². The molecule has 0 radical (unpaired) electrons. The van der Waals surface area contributed by atoms with Crippen LogP contribution in [0.3, 0.4) is 0 Å². The molecule has 0 saturated carbocycles. The van der Waals surface area contributed by atoms with Crippen molar-refractivity contribution in [3.05, 3.63) is 5.51 Å². The second-order valence-corrected chi connectivity index (χ2v) is 4.07. The lowest BCUT2D eigenvalue weighted by molar-refractivity contribution is -0.143. The number of carbonyl (C=O) groups excluding carboxylic acids is 2. The van der Waals surface area contributed by atoms with E-state index in [0.29, 0.717) is 18.2 Å². The molecule has 0 bridgehead atoms. The first-order valence-electron chi connectivity index (χ1n) is 4.84. The molecule has 0 atom stereocenters. The van der Waals surface area contributed by atoms with E-state index < -0.39 is 11.8 Å². The van der Waals surface area contributed by atoms with Crippen LogP contribution in [0, 0.1) is 0 Å². The van der Waals surface area contributed by atoms with E-state index >= 15 is 0 Å². The summed E-state index contributed by atoms with van der Waals surface area (Å²) in [5.41, 5.74) is 1.49. The fraction of sp³-hybridized carbons (Fsp3) is 0.500. The van der Waals surface area contributed by atoms with Crippen molar-refractivity contribution in [2.24, 2.45) is 0 Å². The zero-order valence-electron chi connectivity index (χ0n) is 8.47. The van der Waals surface area contributed by atoms with Crippen LogP contribution >= 0.6 is 11.3 Å². The molecule has 1 fully saturated rings. The Morgan fingerprint density at radius 2 is 2.19 bits per heavy atom. The molecule has 16 heavy (non-hydrogen) atoms. The number of rotatable bonds is 1. The van der Waals surface area contributed by atoms with E-state index in [1.54, 1.807) is 0 Å². The zero-order chi connectivity index (χ0) is 11.4. The second-order valence-electron chi connectivity index (χ2n) is 3.24. The maximum absolute atomic E-state index is 11.7. The molecule has 2 N–H and O–H groups in total. The molecule has 2 heterocycles. The molecule has 8 heteroatoms. The van der Waals surface area contributed by atoms with Crippen LogP contribution < -0.4 is 10.6 Å². The van der Waals surface area contributed by atoms with Crippen LogP contribution in [-0.2, 0) is 9.59 Å². The third kappa shape index (κ3) is 2.52. The minimum absolute atomic E-state index is 0.341. The number of hydrogen-bond donors (Lipinski definition) is 2. The highest BCUT2D eigenvalue weighted by atomic mass is 32.1. The Bertz CT molecular complexity index is 374. The van der Waals surface area contributed by atoms with Crippen molar-refractivity contribution >= 4 is 28.3 Å². The van der Waals surface area contributed by atoms with Gasteiger partial charge in [-0.15, -0.1) is 10.2 Å². The number of piperazine rings is 1. The van der Waals surface area contributed by atoms with Gasteiger partial charge < -0.3 is 10.2 Å². The maximum Gasteiger partial charge on any atom is 0.315 e. The molecule has 2 amide bonds. The van der Waals surface area contributed by atoms with E-state index in [4.69, 9.17) is 0 Å². The highest BCUT2D eigenvalue weighted by Gasteiger charge is 2.23. The minimum atomic E-state index is -0.654. The van der Waals surface area contributed by atoms with Crippen LogP contribution in [0.25, 0.3) is 0 Å². The van der Waals surface area contributed by atoms with Gasteiger partial charge in [0.2, 0.25) is 5.13 Å². The summed E-state index contributed by atoms with van der Waals surface area (Å²) in [7, 11) is 0. The van der Waals surface area contributed by atoms with Crippen molar-refractivity contribution in [1.29, 1.82) is 0 Å². The van der Waals surface area contributed by atoms with Crippen molar-refractivity contribution in [3.8, 4) is 0 Å². The fourth-order valence-corrected chi connectivity index (χ4v) is 1.83. The average Bonchev–Trinajstić information content (AvgIpc) is 2.82. The summed E-state index contributed by atoms with van der Waals surface area (Å²) in [4.78, 5) is 24.7. The van der Waals surface area contributed by atoms with E-state index in [2.05, 4.69) is 20.8 Å². The predicted octanol–water partition coefficient (Wildman–Crippen LogP) is -1.09. The van der Waals surface area contributed by atoms with Crippen LogP contribution in [-0.4, -0.2) is 53.1 Å². The Labute approximate surface area is 95.8 Å². The normalized spacial score (nSPS) is 15.9. The lowest BCUT2D eigenvalue weighted by atomic mass is 10.3. The first-order valence-corrected chi connectivity index (χ1v) is 5.72. The third-order valence-corrected chi connectivity index (χ3v) is 2.79. The van der Waals surface area contributed by atoms with Crippen molar-refractivity contribution in [3.63, 3.8) is 0 Å². The smallest absolute Gasteiger partial charge is 0.315 e. The number of nitrogens with zero attached hydrogens (tertiary/aromatic N) is 3. The van der Waals surface area contributed by atoms with Crippen molar-refractivity contribution in [1.82, 2.24) is 20.4 Å². The van der Waals surface area contributed by atoms with Gasteiger partial charge in [-0.2, -0.15) is 0 Å².